The highest BCUT2D eigenvalue weighted by Gasteiger charge is 2.56. The average Bonchev–Trinajstić information content (AvgIpc) is 2.90. The molecule has 1 saturated carbocycles. The van der Waals surface area contributed by atoms with Crippen molar-refractivity contribution in [2.45, 2.75) is 65.2 Å². The van der Waals surface area contributed by atoms with Gasteiger partial charge < -0.3 is 20.5 Å². The van der Waals surface area contributed by atoms with E-state index >= 15 is 0 Å². The van der Waals surface area contributed by atoms with E-state index in [2.05, 4.69) is 12.0 Å². The summed E-state index contributed by atoms with van der Waals surface area (Å²) in [5.74, 6) is 0.165. The summed E-state index contributed by atoms with van der Waals surface area (Å²) < 4.78 is 7.75. The number of amides is 1. The van der Waals surface area contributed by atoms with Crippen LogP contribution in [0.15, 0.2) is 0 Å². The lowest BCUT2D eigenvalue weighted by molar-refractivity contribution is -0.210. The molecule has 26 heavy (non-hydrogen) atoms. The van der Waals surface area contributed by atoms with Crippen molar-refractivity contribution in [3.8, 4) is 0 Å². The highest BCUT2D eigenvalue weighted by Crippen LogP contribution is 2.50. The summed E-state index contributed by atoms with van der Waals surface area (Å²) in [7, 11) is 0. The zero-order chi connectivity index (χ0) is 18.9. The van der Waals surface area contributed by atoms with Crippen LogP contribution in [0.2, 0.25) is 0 Å². The van der Waals surface area contributed by atoms with E-state index in [-0.39, 0.29) is 23.5 Å². The van der Waals surface area contributed by atoms with E-state index < -0.39 is 0 Å². The first-order valence-electron chi connectivity index (χ1n) is 9.67. The number of ether oxygens (including phenoxy) is 1. The molecule has 2 aliphatic rings. The predicted molar refractivity (Wildman–Crippen MR) is 98.7 cm³/mol. The van der Waals surface area contributed by atoms with Gasteiger partial charge in [-0.05, 0) is 39.2 Å². The van der Waals surface area contributed by atoms with Crippen LogP contribution in [0.4, 0.5) is 0 Å². The van der Waals surface area contributed by atoms with Crippen molar-refractivity contribution in [2.75, 3.05) is 26.2 Å². The van der Waals surface area contributed by atoms with E-state index in [0.717, 1.165) is 24.2 Å². The van der Waals surface area contributed by atoms with Crippen LogP contribution in [0.25, 0.3) is 0 Å². The monoisotopic (exact) mass is 364 g/mol. The Morgan fingerprint density at radius 2 is 2.04 bits per heavy atom. The van der Waals surface area contributed by atoms with Gasteiger partial charge in [-0.15, -0.1) is 0 Å². The lowest BCUT2D eigenvalue weighted by Crippen LogP contribution is -2.63. The second-order valence-corrected chi connectivity index (χ2v) is 7.78. The first-order valence-corrected chi connectivity index (χ1v) is 9.67. The topological polar surface area (TPSA) is 93.6 Å². The Bertz CT molecular complexity index is 649. The van der Waals surface area contributed by atoms with E-state index in [1.165, 1.54) is 5.56 Å². The number of nitrogens with two attached hydrogens (primary N) is 1. The first kappa shape index (κ1) is 19.3. The molecule has 7 nitrogen and oxygen atoms in total. The number of carbonyl (C=O) groups excluding carboxylic acids is 1. The summed E-state index contributed by atoms with van der Waals surface area (Å²) in [5.41, 5.74) is 8.69. The van der Waals surface area contributed by atoms with E-state index in [1.54, 1.807) is 0 Å². The molecule has 2 heterocycles. The maximum atomic E-state index is 12.6. The Balaban J connectivity index is 1.51. The SMILES string of the molecule is Cc1nn(CCC(=O)N2CCC3(CC2)[C@H](O)C[C@@H]3OCCN)c(C)c1C. The molecule has 0 radical (unpaired) electrons. The molecule has 146 valence electrons. The summed E-state index contributed by atoms with van der Waals surface area (Å²) in [6, 6.07) is 0. The van der Waals surface area contributed by atoms with E-state index in [9.17, 15) is 9.90 Å². The standard InChI is InChI=1S/C19H32N4O3/c1-13-14(2)21-23(15(13)3)8-4-18(25)22-9-5-19(6-10-22)16(24)12-17(19)26-11-7-20/h16-17,24H,4-12,20H2,1-3H3/t16-,17+/m1/s1. The lowest BCUT2D eigenvalue weighted by Gasteiger charge is -2.56. The molecular weight excluding hydrogens is 332 g/mol. The van der Waals surface area contributed by atoms with Crippen molar-refractivity contribution < 1.29 is 14.6 Å². The second kappa shape index (κ2) is 7.66. The minimum Gasteiger partial charge on any atom is -0.392 e. The van der Waals surface area contributed by atoms with Gasteiger partial charge in [-0.3, -0.25) is 9.48 Å². The molecule has 0 aromatic carbocycles. The highest BCUT2D eigenvalue weighted by molar-refractivity contribution is 5.76. The van der Waals surface area contributed by atoms with Crippen LogP contribution < -0.4 is 5.73 Å². The maximum absolute atomic E-state index is 12.6. The van der Waals surface area contributed by atoms with Crippen LogP contribution in [0.5, 0.6) is 0 Å². The van der Waals surface area contributed by atoms with Crippen molar-refractivity contribution in [1.82, 2.24) is 14.7 Å². The third kappa shape index (κ3) is 3.40. The Kier molecular flexibility index (Phi) is 5.69. The van der Waals surface area contributed by atoms with Gasteiger partial charge in [-0.1, -0.05) is 0 Å². The number of likely N-dealkylation sites (tertiary alicyclic amines) is 1. The Morgan fingerprint density at radius 3 is 2.58 bits per heavy atom. The van der Waals surface area contributed by atoms with E-state index in [4.69, 9.17) is 10.5 Å². The number of piperidine rings is 1. The van der Waals surface area contributed by atoms with E-state index in [0.29, 0.717) is 45.6 Å². The normalized spacial score (nSPS) is 24.7. The first-order chi connectivity index (χ1) is 12.4. The lowest BCUT2D eigenvalue weighted by atomic mass is 9.58. The highest BCUT2D eigenvalue weighted by atomic mass is 16.5. The molecule has 1 aliphatic carbocycles. The number of carbonyl (C=O) groups is 1. The molecular formula is C19H32N4O3. The molecule has 2 atom stereocenters. The number of aryl methyl sites for hydroxylation is 2. The van der Waals surface area contributed by atoms with Crippen molar-refractivity contribution in [1.29, 1.82) is 0 Å². The second-order valence-electron chi connectivity index (χ2n) is 7.78. The molecule has 0 bridgehead atoms. The molecule has 1 aromatic heterocycles. The van der Waals surface area contributed by atoms with Crippen molar-refractivity contribution in [3.63, 3.8) is 0 Å². The molecule has 2 fully saturated rings. The molecule has 1 aliphatic heterocycles. The van der Waals surface area contributed by atoms with Crippen molar-refractivity contribution >= 4 is 5.91 Å². The summed E-state index contributed by atoms with van der Waals surface area (Å²) >= 11 is 0. The van der Waals surface area contributed by atoms with E-state index in [1.807, 2.05) is 23.4 Å². The summed E-state index contributed by atoms with van der Waals surface area (Å²) in [6.45, 7) is 9.13. The van der Waals surface area contributed by atoms with Crippen molar-refractivity contribution in [3.05, 3.63) is 17.0 Å². The maximum Gasteiger partial charge on any atom is 0.224 e. The molecule has 1 amide bonds. The fourth-order valence-electron chi connectivity index (χ4n) is 4.36. The molecule has 1 saturated heterocycles. The summed E-state index contributed by atoms with van der Waals surface area (Å²) in [4.78, 5) is 14.5. The third-order valence-corrected chi connectivity index (χ3v) is 6.51. The Morgan fingerprint density at radius 1 is 1.35 bits per heavy atom. The van der Waals surface area contributed by atoms with Gasteiger partial charge >= 0.3 is 0 Å². The minimum atomic E-state index is -0.319. The molecule has 3 N–H and O–H groups in total. The number of hydrogen-bond acceptors (Lipinski definition) is 5. The quantitative estimate of drug-likeness (QED) is 0.783. The van der Waals surface area contributed by atoms with Crippen LogP contribution in [0, 0.1) is 26.2 Å². The minimum absolute atomic E-state index is 0.0796. The Labute approximate surface area is 155 Å². The molecule has 7 heteroatoms. The van der Waals surface area contributed by atoms with Crippen LogP contribution in [-0.4, -0.2) is 64.1 Å². The van der Waals surface area contributed by atoms with Gasteiger partial charge in [-0.25, -0.2) is 0 Å². The zero-order valence-electron chi connectivity index (χ0n) is 16.2. The van der Waals surface area contributed by atoms with Crippen LogP contribution >= 0.6 is 0 Å². The van der Waals surface area contributed by atoms with Crippen LogP contribution in [-0.2, 0) is 16.1 Å². The number of rotatable bonds is 6. The largest absolute Gasteiger partial charge is 0.392 e. The number of aliphatic hydroxyl groups excluding tert-OH is 1. The van der Waals surface area contributed by atoms with Gasteiger partial charge in [0.25, 0.3) is 0 Å². The smallest absolute Gasteiger partial charge is 0.224 e. The Hall–Kier alpha value is -1.44. The van der Waals surface area contributed by atoms with Crippen LogP contribution in [0.3, 0.4) is 0 Å². The third-order valence-electron chi connectivity index (χ3n) is 6.51. The molecule has 1 aromatic rings. The molecule has 3 rings (SSSR count). The summed E-state index contributed by atoms with van der Waals surface area (Å²) in [6.07, 6.45) is 2.51. The number of aliphatic hydroxyl groups is 1. The fraction of sp³-hybridized carbons (Fsp3) is 0.789. The van der Waals surface area contributed by atoms with Gasteiger partial charge in [0.05, 0.1) is 24.5 Å². The van der Waals surface area contributed by atoms with Gasteiger partial charge in [0.1, 0.15) is 0 Å². The molecule has 1 spiro atoms. The zero-order valence-corrected chi connectivity index (χ0v) is 16.2. The average molecular weight is 364 g/mol. The number of nitrogens with zero attached hydrogens (tertiary/aromatic N) is 3. The number of hydrogen-bond donors (Lipinski definition) is 2. The number of aromatic nitrogens is 2. The van der Waals surface area contributed by atoms with Gasteiger partial charge in [-0.2, -0.15) is 5.10 Å². The molecule has 0 unspecified atom stereocenters. The van der Waals surface area contributed by atoms with Crippen molar-refractivity contribution in [2.24, 2.45) is 11.1 Å². The van der Waals surface area contributed by atoms with Gasteiger partial charge in [0.2, 0.25) is 5.91 Å². The van der Waals surface area contributed by atoms with Crippen LogP contribution in [0.1, 0.15) is 42.6 Å². The summed E-state index contributed by atoms with van der Waals surface area (Å²) in [5, 5.41) is 14.8. The fourth-order valence-corrected chi connectivity index (χ4v) is 4.36. The predicted octanol–water partition coefficient (Wildman–Crippen LogP) is 0.916. The van der Waals surface area contributed by atoms with Gasteiger partial charge in [0.15, 0.2) is 0 Å². The van der Waals surface area contributed by atoms with Gasteiger partial charge in [0, 0.05) is 50.1 Å².